The van der Waals surface area contributed by atoms with Gasteiger partial charge in [-0.25, -0.2) is 5.53 Å². The quantitative estimate of drug-likeness (QED) is 0.512. The fourth-order valence-corrected chi connectivity index (χ4v) is 0.852. The first-order valence-corrected chi connectivity index (χ1v) is 3.33. The van der Waals surface area contributed by atoms with Crippen molar-refractivity contribution in [2.45, 2.75) is 0 Å². The van der Waals surface area contributed by atoms with Crippen molar-refractivity contribution in [3.63, 3.8) is 0 Å². The van der Waals surface area contributed by atoms with Crippen molar-refractivity contribution in [2.24, 2.45) is 5.10 Å². The van der Waals surface area contributed by atoms with Crippen molar-refractivity contribution in [3.8, 4) is 0 Å². The molecule has 0 fully saturated rings. The lowest BCUT2D eigenvalue weighted by atomic mass is 10.5. The largest absolute Gasteiger partial charge is 0.269 e. The number of aromatic nitrogens is 4. The van der Waals surface area contributed by atoms with E-state index in [9.17, 15) is 0 Å². The van der Waals surface area contributed by atoms with Crippen LogP contribution in [0, 0.1) is 0 Å². The van der Waals surface area contributed by atoms with Gasteiger partial charge >= 0.3 is 0 Å². The second-order valence-electron chi connectivity index (χ2n) is 2.32. The highest BCUT2D eigenvalue weighted by Gasteiger charge is 2.22. The van der Waals surface area contributed by atoms with Crippen LogP contribution >= 0.6 is 0 Å². The lowest BCUT2D eigenvalue weighted by molar-refractivity contribution is 0.0727. The van der Waals surface area contributed by atoms with Crippen LogP contribution in [0.5, 0.6) is 0 Å². The van der Waals surface area contributed by atoms with E-state index in [-0.39, 0.29) is 0 Å². The van der Waals surface area contributed by atoms with Gasteiger partial charge in [0.2, 0.25) is 11.7 Å². The van der Waals surface area contributed by atoms with Gasteiger partial charge in [0.1, 0.15) is 0 Å². The number of amidine groups is 1. The summed E-state index contributed by atoms with van der Waals surface area (Å²) < 4.78 is 0. The zero-order valence-electron chi connectivity index (χ0n) is 6.68. The Balaban J connectivity index is 2.27. The minimum absolute atomic E-state index is 0.467. The van der Waals surface area contributed by atoms with Crippen LogP contribution < -0.4 is 5.53 Å². The molecule has 0 bridgehead atoms. The summed E-state index contributed by atoms with van der Waals surface area (Å²) in [5, 5.41) is 20.8. The van der Waals surface area contributed by atoms with E-state index >= 15 is 0 Å². The highest BCUT2D eigenvalue weighted by Crippen LogP contribution is 2.02. The number of aromatic amines is 1. The van der Waals surface area contributed by atoms with Crippen molar-refractivity contribution in [3.05, 3.63) is 5.82 Å². The summed E-state index contributed by atoms with van der Waals surface area (Å²) in [6.45, 7) is 0. The molecule has 0 aliphatic carbocycles. The van der Waals surface area contributed by atoms with Gasteiger partial charge in [-0.1, -0.05) is 0 Å². The molecule has 12 heavy (non-hydrogen) atoms. The first-order valence-electron chi connectivity index (χ1n) is 3.33. The predicted octanol–water partition coefficient (Wildman–Crippen LogP) is -1.84. The number of H-pyrrole nitrogens is 1. The van der Waals surface area contributed by atoms with Crippen LogP contribution in [0.1, 0.15) is 5.82 Å². The van der Waals surface area contributed by atoms with Gasteiger partial charge in [0.15, 0.2) is 0 Å². The van der Waals surface area contributed by atoms with Crippen molar-refractivity contribution < 1.29 is 0 Å². The molecule has 64 valence electrons. The van der Waals surface area contributed by atoms with E-state index < -0.39 is 0 Å². The number of hydrogen-bond donors (Lipinski definition) is 2. The maximum atomic E-state index is 3.97. The number of hydrogen-bond acceptors (Lipinski definition) is 7. The van der Waals surface area contributed by atoms with Crippen LogP contribution in [0.3, 0.4) is 0 Å². The van der Waals surface area contributed by atoms with E-state index in [1.165, 1.54) is 0 Å². The van der Waals surface area contributed by atoms with Crippen molar-refractivity contribution in [1.29, 1.82) is 0 Å². The van der Waals surface area contributed by atoms with Crippen LogP contribution in [-0.4, -0.2) is 50.7 Å². The van der Waals surface area contributed by atoms with Gasteiger partial charge in [0.25, 0.3) is 0 Å². The molecule has 1 aliphatic rings. The molecule has 1 aliphatic heterocycles. The molecular weight excluding hydrogens is 160 g/mol. The van der Waals surface area contributed by atoms with Crippen LogP contribution in [-0.2, 0) is 0 Å². The zero-order chi connectivity index (χ0) is 8.55. The van der Waals surface area contributed by atoms with E-state index in [0.717, 1.165) is 0 Å². The topological polar surface area (TPSA) is 85.3 Å². The predicted molar refractivity (Wildman–Crippen MR) is 39.4 cm³/mol. The first-order chi connectivity index (χ1) is 5.79. The Labute approximate surface area is 68.2 Å². The number of nitrogens with one attached hydrogen (secondary N) is 2. The van der Waals surface area contributed by atoms with Gasteiger partial charge in [-0.15, -0.1) is 20.4 Å². The van der Waals surface area contributed by atoms with E-state index in [4.69, 9.17) is 0 Å². The molecular formula is C4H8N8. The van der Waals surface area contributed by atoms with Gasteiger partial charge in [0.05, 0.1) is 0 Å². The Morgan fingerprint density at radius 3 is 2.67 bits per heavy atom. The number of rotatable bonds is 1. The first kappa shape index (κ1) is 6.98. The van der Waals surface area contributed by atoms with E-state index in [0.29, 0.717) is 11.7 Å². The van der Waals surface area contributed by atoms with Crippen molar-refractivity contribution in [2.75, 3.05) is 14.1 Å². The Morgan fingerprint density at radius 2 is 2.17 bits per heavy atom. The summed E-state index contributed by atoms with van der Waals surface area (Å²) in [6, 6.07) is 0. The molecule has 1 aromatic heterocycles. The minimum Gasteiger partial charge on any atom is -0.269 e. The van der Waals surface area contributed by atoms with E-state index in [1.807, 2.05) is 14.1 Å². The standard InChI is InChI=1S/C4H8N8/c1-11-4(7-10-12(11)2)3-5-8-9-6-3/h10H,1-2H3,(H,5,6,8,9). The molecule has 0 saturated heterocycles. The van der Waals surface area contributed by atoms with Gasteiger partial charge < -0.3 is 0 Å². The van der Waals surface area contributed by atoms with Gasteiger partial charge in [-0.2, -0.15) is 5.21 Å². The Kier molecular flexibility index (Phi) is 1.40. The third kappa shape index (κ3) is 0.889. The fourth-order valence-electron chi connectivity index (χ4n) is 0.852. The van der Waals surface area contributed by atoms with Crippen molar-refractivity contribution >= 4 is 5.84 Å². The van der Waals surface area contributed by atoms with Crippen LogP contribution in [0.15, 0.2) is 5.10 Å². The third-order valence-electron chi connectivity index (χ3n) is 1.60. The zero-order valence-corrected chi connectivity index (χ0v) is 6.68. The molecule has 2 N–H and O–H groups in total. The highest BCUT2D eigenvalue weighted by atomic mass is 15.9. The Bertz CT molecular complexity index is 288. The van der Waals surface area contributed by atoms with Crippen molar-refractivity contribution in [1.82, 2.24) is 36.3 Å². The lowest BCUT2D eigenvalue weighted by Gasteiger charge is -2.18. The molecule has 0 radical (unpaired) electrons. The molecule has 0 amide bonds. The van der Waals surface area contributed by atoms with E-state index in [1.54, 1.807) is 10.1 Å². The summed E-state index contributed by atoms with van der Waals surface area (Å²) in [5.41, 5.74) is 2.73. The maximum absolute atomic E-state index is 3.97. The summed E-state index contributed by atoms with van der Waals surface area (Å²) in [6.07, 6.45) is 0. The summed E-state index contributed by atoms with van der Waals surface area (Å²) in [5.74, 6) is 1.10. The SMILES string of the molecule is CN1NN=C(c2nn[nH]n2)N1C. The van der Waals surface area contributed by atoms with Gasteiger partial charge in [-0.3, -0.25) is 5.01 Å². The number of tetrazole rings is 1. The minimum atomic E-state index is 0.467. The monoisotopic (exact) mass is 168 g/mol. The molecule has 2 rings (SSSR count). The maximum Gasteiger partial charge on any atom is 0.242 e. The third-order valence-corrected chi connectivity index (χ3v) is 1.60. The van der Waals surface area contributed by atoms with E-state index in [2.05, 4.69) is 31.3 Å². The average Bonchev–Trinajstić information content (AvgIpc) is 2.64. The summed E-state index contributed by atoms with van der Waals surface area (Å²) in [7, 11) is 3.67. The van der Waals surface area contributed by atoms with Crippen LogP contribution in [0.4, 0.5) is 0 Å². The molecule has 0 atom stereocenters. The normalized spacial score (nSPS) is 17.8. The molecule has 8 heteroatoms. The summed E-state index contributed by atoms with van der Waals surface area (Å²) in [4.78, 5) is 0. The van der Waals surface area contributed by atoms with Gasteiger partial charge in [-0.05, 0) is 5.21 Å². The Hall–Kier alpha value is -1.70. The second-order valence-corrected chi connectivity index (χ2v) is 2.32. The number of hydrazone groups is 1. The molecule has 2 heterocycles. The fraction of sp³-hybridized carbons (Fsp3) is 0.500. The number of hydrazine groups is 2. The van der Waals surface area contributed by atoms with Crippen LogP contribution in [0.2, 0.25) is 0 Å². The van der Waals surface area contributed by atoms with Gasteiger partial charge in [0, 0.05) is 14.1 Å². The average molecular weight is 168 g/mol. The molecule has 0 saturated carbocycles. The molecule has 0 unspecified atom stereocenters. The lowest BCUT2D eigenvalue weighted by Crippen LogP contribution is -2.40. The Morgan fingerprint density at radius 1 is 1.33 bits per heavy atom. The molecule has 8 nitrogen and oxygen atoms in total. The second kappa shape index (κ2) is 2.41. The highest BCUT2D eigenvalue weighted by molar-refractivity contribution is 5.95. The smallest absolute Gasteiger partial charge is 0.242 e. The molecule has 0 aromatic carbocycles. The van der Waals surface area contributed by atoms with Crippen LogP contribution in [0.25, 0.3) is 0 Å². The summed E-state index contributed by atoms with van der Waals surface area (Å²) >= 11 is 0. The molecule has 0 spiro atoms. The number of nitrogens with zero attached hydrogens (tertiary/aromatic N) is 6. The molecule has 1 aromatic rings.